The van der Waals surface area contributed by atoms with E-state index in [4.69, 9.17) is 5.73 Å². The number of nitrogens with one attached hydrogen (secondary N) is 1. The van der Waals surface area contributed by atoms with E-state index in [2.05, 4.69) is 28.2 Å². The maximum atomic E-state index is 5.95. The van der Waals surface area contributed by atoms with Crippen LogP contribution < -0.4 is 11.1 Å². The van der Waals surface area contributed by atoms with Gasteiger partial charge in [-0.2, -0.15) is 0 Å². The number of likely N-dealkylation sites (N-methyl/N-ethyl adjacent to an activating group) is 1. The Hall–Kier alpha value is -0.380. The van der Waals surface area contributed by atoms with Gasteiger partial charge in [0, 0.05) is 17.1 Å². The molecular weight excluding hydrogens is 228 g/mol. The van der Waals surface area contributed by atoms with Crippen LogP contribution in [0.1, 0.15) is 18.5 Å². The van der Waals surface area contributed by atoms with E-state index in [1.807, 2.05) is 24.3 Å². The average molecular weight is 243 g/mol. The van der Waals surface area contributed by atoms with Crippen LogP contribution in [0.15, 0.2) is 28.7 Å². The summed E-state index contributed by atoms with van der Waals surface area (Å²) in [6.45, 7) is 3.87. The number of rotatable bonds is 4. The highest BCUT2D eigenvalue weighted by Crippen LogP contribution is 2.14. The smallest absolute Gasteiger partial charge is 0.0421 e. The highest BCUT2D eigenvalue weighted by molar-refractivity contribution is 9.10. The molecule has 72 valence electrons. The summed E-state index contributed by atoms with van der Waals surface area (Å²) in [6.07, 6.45) is 0. The Balaban J connectivity index is 2.55. The second-order valence-corrected chi connectivity index (χ2v) is 3.88. The number of hydrogen-bond acceptors (Lipinski definition) is 2. The summed E-state index contributed by atoms with van der Waals surface area (Å²) >= 11 is 3.39. The van der Waals surface area contributed by atoms with Crippen LogP contribution in [0.5, 0.6) is 0 Å². The van der Waals surface area contributed by atoms with E-state index in [0.717, 1.165) is 17.6 Å². The van der Waals surface area contributed by atoms with Crippen molar-refractivity contribution in [3.8, 4) is 0 Å². The van der Waals surface area contributed by atoms with Crippen molar-refractivity contribution >= 4 is 15.9 Å². The van der Waals surface area contributed by atoms with Gasteiger partial charge in [0.25, 0.3) is 0 Å². The van der Waals surface area contributed by atoms with E-state index in [1.54, 1.807) is 0 Å². The van der Waals surface area contributed by atoms with Gasteiger partial charge in [0.05, 0.1) is 0 Å². The minimum Gasteiger partial charge on any atom is -0.323 e. The summed E-state index contributed by atoms with van der Waals surface area (Å²) < 4.78 is 1.09. The Morgan fingerprint density at radius 1 is 1.38 bits per heavy atom. The first kappa shape index (κ1) is 10.7. The zero-order chi connectivity index (χ0) is 9.68. The van der Waals surface area contributed by atoms with Gasteiger partial charge in [-0.15, -0.1) is 0 Å². The molecule has 2 nitrogen and oxygen atoms in total. The van der Waals surface area contributed by atoms with E-state index in [1.165, 1.54) is 5.56 Å². The van der Waals surface area contributed by atoms with Crippen LogP contribution >= 0.6 is 15.9 Å². The zero-order valence-corrected chi connectivity index (χ0v) is 9.34. The summed E-state index contributed by atoms with van der Waals surface area (Å²) in [4.78, 5) is 0. The molecule has 3 N–H and O–H groups in total. The van der Waals surface area contributed by atoms with Gasteiger partial charge in [-0.1, -0.05) is 35.0 Å². The van der Waals surface area contributed by atoms with Crippen molar-refractivity contribution in [2.45, 2.75) is 13.0 Å². The number of nitrogens with two attached hydrogens (primary N) is 1. The molecule has 0 aliphatic rings. The molecule has 0 aliphatic heterocycles. The summed E-state index contributed by atoms with van der Waals surface area (Å²) in [5, 5.41) is 3.22. The zero-order valence-electron chi connectivity index (χ0n) is 7.76. The molecule has 1 aromatic carbocycles. The first-order valence-corrected chi connectivity index (χ1v) is 5.25. The maximum absolute atomic E-state index is 5.95. The molecule has 0 saturated carbocycles. The predicted octanol–water partition coefficient (Wildman–Crippen LogP) is 2.06. The standard InChI is InChI=1S/C10H15BrN2/c1-2-13-7-10(12)8-3-5-9(11)6-4-8/h3-6,10,13H,2,7,12H2,1H3. The third-order valence-corrected chi connectivity index (χ3v) is 2.44. The van der Waals surface area contributed by atoms with E-state index >= 15 is 0 Å². The Bertz CT molecular complexity index is 246. The van der Waals surface area contributed by atoms with Gasteiger partial charge in [-0.25, -0.2) is 0 Å². The Labute approximate surface area is 87.6 Å². The van der Waals surface area contributed by atoms with Crippen molar-refractivity contribution in [3.05, 3.63) is 34.3 Å². The van der Waals surface area contributed by atoms with Gasteiger partial charge < -0.3 is 11.1 Å². The van der Waals surface area contributed by atoms with E-state index in [9.17, 15) is 0 Å². The largest absolute Gasteiger partial charge is 0.323 e. The minimum absolute atomic E-state index is 0.0908. The molecule has 0 saturated heterocycles. The van der Waals surface area contributed by atoms with Gasteiger partial charge in [0.15, 0.2) is 0 Å². The van der Waals surface area contributed by atoms with Crippen molar-refractivity contribution in [1.82, 2.24) is 5.32 Å². The number of halogens is 1. The van der Waals surface area contributed by atoms with Crippen molar-refractivity contribution in [2.75, 3.05) is 13.1 Å². The molecule has 3 heteroatoms. The van der Waals surface area contributed by atoms with Gasteiger partial charge in [-0.05, 0) is 24.2 Å². The van der Waals surface area contributed by atoms with Crippen molar-refractivity contribution < 1.29 is 0 Å². The highest BCUT2D eigenvalue weighted by atomic mass is 79.9. The molecule has 0 aromatic heterocycles. The topological polar surface area (TPSA) is 38.0 Å². The summed E-state index contributed by atoms with van der Waals surface area (Å²) in [7, 11) is 0. The van der Waals surface area contributed by atoms with Crippen LogP contribution in [0, 0.1) is 0 Å². The lowest BCUT2D eigenvalue weighted by Gasteiger charge is -2.11. The molecule has 0 spiro atoms. The molecule has 0 radical (unpaired) electrons. The predicted molar refractivity (Wildman–Crippen MR) is 59.6 cm³/mol. The van der Waals surface area contributed by atoms with Crippen LogP contribution in [-0.4, -0.2) is 13.1 Å². The summed E-state index contributed by atoms with van der Waals surface area (Å²) in [5.74, 6) is 0. The van der Waals surface area contributed by atoms with E-state index in [0.29, 0.717) is 0 Å². The van der Waals surface area contributed by atoms with Crippen LogP contribution in [0.4, 0.5) is 0 Å². The van der Waals surface area contributed by atoms with Gasteiger partial charge in [-0.3, -0.25) is 0 Å². The maximum Gasteiger partial charge on any atom is 0.0421 e. The molecular formula is C10H15BrN2. The molecule has 0 amide bonds. The summed E-state index contributed by atoms with van der Waals surface area (Å²) in [5.41, 5.74) is 7.12. The molecule has 1 rings (SSSR count). The van der Waals surface area contributed by atoms with E-state index in [-0.39, 0.29) is 6.04 Å². The Kier molecular flexibility index (Phi) is 4.42. The lowest BCUT2D eigenvalue weighted by Crippen LogP contribution is -2.26. The van der Waals surface area contributed by atoms with Gasteiger partial charge in [0.2, 0.25) is 0 Å². The fourth-order valence-corrected chi connectivity index (χ4v) is 1.39. The van der Waals surface area contributed by atoms with Crippen molar-refractivity contribution in [2.24, 2.45) is 5.73 Å². The third-order valence-electron chi connectivity index (χ3n) is 1.91. The first-order chi connectivity index (χ1) is 6.24. The molecule has 1 unspecified atom stereocenters. The average Bonchev–Trinajstić information content (AvgIpc) is 2.15. The molecule has 1 atom stereocenters. The van der Waals surface area contributed by atoms with Crippen LogP contribution in [0.25, 0.3) is 0 Å². The first-order valence-electron chi connectivity index (χ1n) is 4.45. The number of hydrogen-bond donors (Lipinski definition) is 2. The fraction of sp³-hybridized carbons (Fsp3) is 0.400. The number of benzene rings is 1. The third kappa shape index (κ3) is 3.46. The molecule has 0 fully saturated rings. The van der Waals surface area contributed by atoms with Crippen molar-refractivity contribution in [3.63, 3.8) is 0 Å². The molecule has 0 bridgehead atoms. The normalized spacial score (nSPS) is 12.8. The second kappa shape index (κ2) is 5.37. The highest BCUT2D eigenvalue weighted by Gasteiger charge is 2.03. The Morgan fingerprint density at radius 3 is 2.54 bits per heavy atom. The monoisotopic (exact) mass is 242 g/mol. The lowest BCUT2D eigenvalue weighted by atomic mass is 10.1. The Morgan fingerprint density at radius 2 is 2.00 bits per heavy atom. The second-order valence-electron chi connectivity index (χ2n) is 2.97. The quantitative estimate of drug-likeness (QED) is 0.849. The fourth-order valence-electron chi connectivity index (χ4n) is 1.13. The minimum atomic E-state index is 0.0908. The van der Waals surface area contributed by atoms with Gasteiger partial charge >= 0.3 is 0 Å². The van der Waals surface area contributed by atoms with Crippen LogP contribution in [0.3, 0.4) is 0 Å². The molecule has 0 heterocycles. The van der Waals surface area contributed by atoms with Crippen molar-refractivity contribution in [1.29, 1.82) is 0 Å². The van der Waals surface area contributed by atoms with Gasteiger partial charge in [0.1, 0.15) is 0 Å². The summed E-state index contributed by atoms with van der Waals surface area (Å²) in [6, 6.07) is 8.22. The molecule has 1 aromatic rings. The lowest BCUT2D eigenvalue weighted by molar-refractivity contribution is 0.616. The molecule has 0 aliphatic carbocycles. The van der Waals surface area contributed by atoms with Crippen LogP contribution in [-0.2, 0) is 0 Å². The van der Waals surface area contributed by atoms with E-state index < -0.39 is 0 Å². The SMILES string of the molecule is CCNCC(N)c1ccc(Br)cc1. The molecule has 13 heavy (non-hydrogen) atoms. The van der Waals surface area contributed by atoms with Crippen LogP contribution in [0.2, 0.25) is 0 Å².